The first-order valence-electron chi connectivity index (χ1n) is 8.04. The van der Waals surface area contributed by atoms with Crippen molar-refractivity contribution in [2.24, 2.45) is 0 Å². The largest absolute Gasteiger partial charge is 0.0815 e. The Labute approximate surface area is 126 Å². The van der Waals surface area contributed by atoms with E-state index in [-0.39, 0.29) is 0 Å². The molecule has 0 atom stereocenters. The van der Waals surface area contributed by atoms with Crippen molar-refractivity contribution in [3.63, 3.8) is 0 Å². The van der Waals surface area contributed by atoms with Gasteiger partial charge in [-0.2, -0.15) is 0 Å². The van der Waals surface area contributed by atoms with Gasteiger partial charge in [0.2, 0.25) is 0 Å². The highest BCUT2D eigenvalue weighted by Gasteiger charge is 2.16. The fraction of sp³-hybridized carbons (Fsp3) is 0.600. The SMILES string of the molecule is CC(C)=CCc1c(C(C)C)cc(C(C)C)cc1C(C)C. The Morgan fingerprint density at radius 1 is 0.850 bits per heavy atom. The molecule has 0 heteroatoms. The summed E-state index contributed by atoms with van der Waals surface area (Å²) < 4.78 is 0. The second-order valence-corrected chi connectivity index (χ2v) is 7.13. The van der Waals surface area contributed by atoms with Crippen LogP contribution >= 0.6 is 0 Å². The van der Waals surface area contributed by atoms with Gasteiger partial charge in [-0.1, -0.05) is 65.3 Å². The van der Waals surface area contributed by atoms with Gasteiger partial charge in [-0.05, 0) is 60.3 Å². The lowest BCUT2D eigenvalue weighted by Gasteiger charge is -2.22. The quantitative estimate of drug-likeness (QED) is 0.532. The van der Waals surface area contributed by atoms with Crippen LogP contribution in [0, 0.1) is 0 Å². The summed E-state index contributed by atoms with van der Waals surface area (Å²) in [6, 6.07) is 4.88. The molecule has 0 amide bonds. The lowest BCUT2D eigenvalue weighted by atomic mass is 9.83. The molecular weight excluding hydrogens is 240 g/mol. The topological polar surface area (TPSA) is 0 Å². The highest BCUT2D eigenvalue weighted by Crippen LogP contribution is 2.32. The molecule has 0 fully saturated rings. The molecule has 20 heavy (non-hydrogen) atoms. The molecule has 0 heterocycles. The van der Waals surface area contributed by atoms with Crippen LogP contribution in [-0.2, 0) is 6.42 Å². The first-order chi connectivity index (χ1) is 9.23. The van der Waals surface area contributed by atoms with Gasteiger partial charge in [0, 0.05) is 0 Å². The molecule has 0 saturated carbocycles. The molecular formula is C20H32. The van der Waals surface area contributed by atoms with Gasteiger partial charge in [0.15, 0.2) is 0 Å². The normalized spacial score (nSPS) is 11.6. The van der Waals surface area contributed by atoms with Crippen molar-refractivity contribution in [2.45, 2.75) is 79.6 Å². The zero-order chi connectivity index (χ0) is 15.4. The molecule has 0 aliphatic carbocycles. The summed E-state index contributed by atoms with van der Waals surface area (Å²) in [6.45, 7) is 18.2. The average molecular weight is 272 g/mol. The van der Waals surface area contributed by atoms with Crippen LogP contribution < -0.4 is 0 Å². The van der Waals surface area contributed by atoms with Crippen molar-refractivity contribution >= 4 is 0 Å². The van der Waals surface area contributed by atoms with Gasteiger partial charge < -0.3 is 0 Å². The van der Waals surface area contributed by atoms with E-state index in [2.05, 4.69) is 73.6 Å². The van der Waals surface area contributed by atoms with Crippen LogP contribution in [0.4, 0.5) is 0 Å². The molecule has 0 aromatic heterocycles. The minimum atomic E-state index is 0.590. The second-order valence-electron chi connectivity index (χ2n) is 7.13. The zero-order valence-corrected chi connectivity index (χ0v) is 14.7. The smallest absolute Gasteiger partial charge is 0.00893 e. The van der Waals surface area contributed by atoms with E-state index in [9.17, 15) is 0 Å². The number of rotatable bonds is 5. The standard InChI is InChI=1S/C20H32/c1-13(2)9-10-18-19(15(5)6)11-17(14(3)4)12-20(18)16(7)8/h9,11-12,14-16H,10H2,1-8H3. The summed E-state index contributed by atoms with van der Waals surface area (Å²) >= 11 is 0. The van der Waals surface area contributed by atoms with Gasteiger partial charge in [-0.3, -0.25) is 0 Å². The fourth-order valence-corrected chi connectivity index (χ4v) is 2.65. The Morgan fingerprint density at radius 2 is 1.30 bits per heavy atom. The van der Waals surface area contributed by atoms with E-state index >= 15 is 0 Å². The number of hydrogen-bond donors (Lipinski definition) is 0. The van der Waals surface area contributed by atoms with E-state index in [0.717, 1.165) is 6.42 Å². The molecule has 0 N–H and O–H groups in total. The van der Waals surface area contributed by atoms with Gasteiger partial charge >= 0.3 is 0 Å². The zero-order valence-electron chi connectivity index (χ0n) is 14.7. The minimum Gasteiger partial charge on any atom is -0.0815 e. The maximum Gasteiger partial charge on any atom is -0.00893 e. The third-order valence-electron chi connectivity index (χ3n) is 3.97. The van der Waals surface area contributed by atoms with Crippen molar-refractivity contribution in [1.29, 1.82) is 0 Å². The average Bonchev–Trinajstić information content (AvgIpc) is 2.34. The molecule has 0 saturated heterocycles. The highest BCUT2D eigenvalue weighted by molar-refractivity contribution is 5.44. The van der Waals surface area contributed by atoms with Crippen LogP contribution in [0.25, 0.3) is 0 Å². The molecule has 0 nitrogen and oxygen atoms in total. The van der Waals surface area contributed by atoms with Crippen LogP contribution in [0.5, 0.6) is 0 Å². The van der Waals surface area contributed by atoms with Gasteiger partial charge in [0.05, 0.1) is 0 Å². The predicted octanol–water partition coefficient (Wildman–Crippen LogP) is 6.57. The molecule has 1 rings (SSSR count). The Kier molecular flexibility index (Phi) is 6.05. The number of hydrogen-bond acceptors (Lipinski definition) is 0. The van der Waals surface area contributed by atoms with E-state index in [0.29, 0.717) is 17.8 Å². The highest BCUT2D eigenvalue weighted by atomic mass is 14.2. The maximum atomic E-state index is 2.44. The van der Waals surface area contributed by atoms with Crippen LogP contribution in [0.15, 0.2) is 23.8 Å². The summed E-state index contributed by atoms with van der Waals surface area (Å²) in [7, 11) is 0. The lowest BCUT2D eigenvalue weighted by Crippen LogP contribution is -2.06. The molecule has 0 unspecified atom stereocenters. The molecule has 1 aromatic carbocycles. The van der Waals surface area contributed by atoms with Gasteiger partial charge in [0.1, 0.15) is 0 Å². The van der Waals surface area contributed by atoms with Crippen LogP contribution in [0.2, 0.25) is 0 Å². The van der Waals surface area contributed by atoms with E-state index in [1.807, 2.05) is 0 Å². The Morgan fingerprint density at radius 3 is 1.60 bits per heavy atom. The van der Waals surface area contributed by atoms with Gasteiger partial charge in [-0.15, -0.1) is 0 Å². The minimum absolute atomic E-state index is 0.590. The van der Waals surface area contributed by atoms with Crippen molar-refractivity contribution in [1.82, 2.24) is 0 Å². The first kappa shape index (κ1) is 17.0. The predicted molar refractivity (Wildman–Crippen MR) is 91.8 cm³/mol. The van der Waals surface area contributed by atoms with Gasteiger partial charge in [0.25, 0.3) is 0 Å². The second kappa shape index (κ2) is 7.11. The fourth-order valence-electron chi connectivity index (χ4n) is 2.65. The molecule has 0 radical (unpaired) electrons. The van der Waals surface area contributed by atoms with Crippen molar-refractivity contribution in [3.05, 3.63) is 46.0 Å². The Hall–Kier alpha value is -1.04. The van der Waals surface area contributed by atoms with Crippen molar-refractivity contribution < 1.29 is 0 Å². The summed E-state index contributed by atoms with van der Waals surface area (Å²) in [5.74, 6) is 1.78. The van der Waals surface area contributed by atoms with Crippen molar-refractivity contribution in [3.8, 4) is 0 Å². The third kappa shape index (κ3) is 4.23. The number of allylic oxidation sites excluding steroid dienone is 2. The lowest BCUT2D eigenvalue weighted by molar-refractivity contribution is 0.784. The summed E-state index contributed by atoms with van der Waals surface area (Å²) in [5, 5.41) is 0. The van der Waals surface area contributed by atoms with Crippen LogP contribution in [-0.4, -0.2) is 0 Å². The molecule has 0 bridgehead atoms. The Balaban J connectivity index is 3.46. The summed E-state index contributed by atoms with van der Waals surface area (Å²) in [4.78, 5) is 0. The summed E-state index contributed by atoms with van der Waals surface area (Å²) in [5.41, 5.74) is 7.52. The van der Waals surface area contributed by atoms with E-state index in [1.54, 1.807) is 5.56 Å². The molecule has 0 aliphatic heterocycles. The molecule has 112 valence electrons. The third-order valence-corrected chi connectivity index (χ3v) is 3.97. The van der Waals surface area contributed by atoms with Crippen LogP contribution in [0.1, 0.15) is 95.4 Å². The maximum absolute atomic E-state index is 2.44. The van der Waals surface area contributed by atoms with E-state index < -0.39 is 0 Å². The van der Waals surface area contributed by atoms with E-state index in [1.165, 1.54) is 22.3 Å². The van der Waals surface area contributed by atoms with Crippen molar-refractivity contribution in [2.75, 3.05) is 0 Å². The molecule has 0 spiro atoms. The van der Waals surface area contributed by atoms with Crippen LogP contribution in [0.3, 0.4) is 0 Å². The first-order valence-corrected chi connectivity index (χ1v) is 8.04. The van der Waals surface area contributed by atoms with Gasteiger partial charge in [-0.25, -0.2) is 0 Å². The molecule has 0 aliphatic rings. The molecule has 1 aromatic rings. The van der Waals surface area contributed by atoms with E-state index in [4.69, 9.17) is 0 Å². The number of benzene rings is 1. The summed E-state index contributed by atoms with van der Waals surface area (Å²) in [6.07, 6.45) is 3.43. The Bertz CT molecular complexity index is 440. The monoisotopic (exact) mass is 272 g/mol.